The molecular weight excluding hydrogens is 344 g/mol. The largest absolute Gasteiger partial charge is 0.339 e. The van der Waals surface area contributed by atoms with Gasteiger partial charge < -0.3 is 15.5 Å². The molecule has 1 heterocycles. The SMILES string of the molecule is CC(=O)c1ccccc1NC(=O)CN(C)CC(=O)N1CCNCC1.Cl. The van der Waals surface area contributed by atoms with E-state index in [1.165, 1.54) is 6.92 Å². The highest BCUT2D eigenvalue weighted by atomic mass is 35.5. The van der Waals surface area contributed by atoms with Crippen molar-refractivity contribution in [2.24, 2.45) is 0 Å². The van der Waals surface area contributed by atoms with Crippen LogP contribution >= 0.6 is 12.4 Å². The number of amides is 2. The van der Waals surface area contributed by atoms with Gasteiger partial charge in [0.15, 0.2) is 5.78 Å². The Labute approximate surface area is 154 Å². The molecule has 0 atom stereocenters. The molecule has 2 rings (SSSR count). The van der Waals surface area contributed by atoms with Gasteiger partial charge in [0.1, 0.15) is 0 Å². The van der Waals surface area contributed by atoms with Gasteiger partial charge in [-0.15, -0.1) is 12.4 Å². The molecule has 138 valence electrons. The normalized spacial score (nSPS) is 14.0. The van der Waals surface area contributed by atoms with E-state index in [9.17, 15) is 14.4 Å². The van der Waals surface area contributed by atoms with Crippen LogP contribution in [0.1, 0.15) is 17.3 Å². The van der Waals surface area contributed by atoms with Crippen molar-refractivity contribution >= 4 is 35.7 Å². The number of anilines is 1. The summed E-state index contributed by atoms with van der Waals surface area (Å²) >= 11 is 0. The van der Waals surface area contributed by atoms with E-state index in [1.807, 2.05) is 0 Å². The Hall–Kier alpha value is -1.96. The fourth-order valence-corrected chi connectivity index (χ4v) is 2.64. The molecule has 0 radical (unpaired) electrons. The van der Waals surface area contributed by atoms with Crippen LogP contribution in [0.15, 0.2) is 24.3 Å². The topological polar surface area (TPSA) is 81.8 Å². The molecule has 0 aliphatic carbocycles. The quantitative estimate of drug-likeness (QED) is 0.719. The zero-order valence-corrected chi connectivity index (χ0v) is 15.4. The number of benzene rings is 1. The molecule has 0 saturated carbocycles. The van der Waals surface area contributed by atoms with Crippen LogP contribution in [0.5, 0.6) is 0 Å². The second-order valence-electron chi connectivity index (χ2n) is 5.95. The minimum Gasteiger partial charge on any atom is -0.339 e. The van der Waals surface area contributed by atoms with E-state index in [4.69, 9.17) is 0 Å². The number of hydrogen-bond acceptors (Lipinski definition) is 5. The molecule has 8 heteroatoms. The number of carbonyl (C=O) groups is 3. The Kier molecular flexibility index (Phi) is 8.54. The molecule has 0 aromatic heterocycles. The second kappa shape index (κ2) is 10.1. The molecule has 1 aromatic rings. The number of Topliss-reactive ketones (excluding diaryl/α,β-unsaturated/α-hetero) is 1. The molecule has 1 aliphatic rings. The van der Waals surface area contributed by atoms with Gasteiger partial charge in [0.05, 0.1) is 18.8 Å². The van der Waals surface area contributed by atoms with Gasteiger partial charge in [-0.2, -0.15) is 0 Å². The van der Waals surface area contributed by atoms with Crippen molar-refractivity contribution < 1.29 is 14.4 Å². The van der Waals surface area contributed by atoms with Crippen molar-refractivity contribution in [1.82, 2.24) is 15.1 Å². The van der Waals surface area contributed by atoms with Gasteiger partial charge in [0.25, 0.3) is 0 Å². The molecule has 0 unspecified atom stereocenters. The molecule has 1 fully saturated rings. The summed E-state index contributed by atoms with van der Waals surface area (Å²) in [4.78, 5) is 39.4. The molecule has 2 amide bonds. The van der Waals surface area contributed by atoms with Crippen molar-refractivity contribution in [1.29, 1.82) is 0 Å². The number of ketones is 1. The molecule has 1 aromatic carbocycles. The van der Waals surface area contributed by atoms with Crippen LogP contribution in [0.3, 0.4) is 0 Å². The highest BCUT2D eigenvalue weighted by Gasteiger charge is 2.19. The molecule has 0 bridgehead atoms. The number of rotatable bonds is 6. The Bertz CT molecular complexity index is 618. The number of para-hydroxylation sites is 1. The summed E-state index contributed by atoms with van der Waals surface area (Å²) < 4.78 is 0. The maximum atomic E-state index is 12.2. The minimum absolute atomic E-state index is 0. The van der Waals surface area contributed by atoms with Crippen molar-refractivity contribution in [2.45, 2.75) is 6.92 Å². The van der Waals surface area contributed by atoms with Crippen LogP contribution < -0.4 is 10.6 Å². The number of nitrogens with zero attached hydrogens (tertiary/aromatic N) is 2. The summed E-state index contributed by atoms with van der Waals surface area (Å²) in [5.41, 5.74) is 0.974. The zero-order chi connectivity index (χ0) is 17.5. The third-order valence-electron chi connectivity index (χ3n) is 3.87. The van der Waals surface area contributed by atoms with Crippen molar-refractivity contribution in [3.05, 3.63) is 29.8 Å². The molecule has 0 spiro atoms. The number of likely N-dealkylation sites (N-methyl/N-ethyl adjacent to an activating group) is 1. The van der Waals surface area contributed by atoms with E-state index in [0.29, 0.717) is 24.3 Å². The summed E-state index contributed by atoms with van der Waals surface area (Å²) in [6.45, 7) is 4.75. The average molecular weight is 369 g/mol. The highest BCUT2D eigenvalue weighted by Crippen LogP contribution is 2.15. The minimum atomic E-state index is -0.251. The lowest BCUT2D eigenvalue weighted by Crippen LogP contribution is -2.49. The molecule has 7 nitrogen and oxygen atoms in total. The van der Waals surface area contributed by atoms with E-state index in [2.05, 4.69) is 10.6 Å². The molecule has 1 aliphatic heterocycles. The van der Waals surface area contributed by atoms with Gasteiger partial charge in [-0.1, -0.05) is 12.1 Å². The third-order valence-corrected chi connectivity index (χ3v) is 3.87. The molecule has 25 heavy (non-hydrogen) atoms. The highest BCUT2D eigenvalue weighted by molar-refractivity contribution is 6.04. The van der Waals surface area contributed by atoms with Crippen LogP contribution in [-0.2, 0) is 9.59 Å². The van der Waals surface area contributed by atoms with Crippen LogP contribution in [0.25, 0.3) is 0 Å². The van der Waals surface area contributed by atoms with Crippen molar-refractivity contribution in [3.8, 4) is 0 Å². The lowest BCUT2D eigenvalue weighted by molar-refractivity contribution is -0.133. The predicted octanol–water partition coefficient (Wildman–Crippen LogP) is 0.613. The monoisotopic (exact) mass is 368 g/mol. The summed E-state index contributed by atoms with van der Waals surface area (Å²) in [5.74, 6) is -0.330. The van der Waals surface area contributed by atoms with Gasteiger partial charge in [-0.3, -0.25) is 19.3 Å². The summed E-state index contributed by atoms with van der Waals surface area (Å²) in [6.07, 6.45) is 0. The van der Waals surface area contributed by atoms with E-state index < -0.39 is 0 Å². The summed E-state index contributed by atoms with van der Waals surface area (Å²) in [7, 11) is 1.73. The Balaban J connectivity index is 0.00000312. The fourth-order valence-electron chi connectivity index (χ4n) is 2.64. The van der Waals surface area contributed by atoms with Crippen molar-refractivity contribution in [3.63, 3.8) is 0 Å². The number of carbonyl (C=O) groups excluding carboxylic acids is 3. The first-order chi connectivity index (χ1) is 11.5. The smallest absolute Gasteiger partial charge is 0.238 e. The third kappa shape index (κ3) is 6.45. The number of nitrogens with one attached hydrogen (secondary N) is 2. The first-order valence-corrected chi connectivity index (χ1v) is 8.04. The van der Waals surface area contributed by atoms with E-state index in [1.54, 1.807) is 41.1 Å². The molecule has 1 saturated heterocycles. The van der Waals surface area contributed by atoms with E-state index in [0.717, 1.165) is 13.1 Å². The molecule has 2 N–H and O–H groups in total. The van der Waals surface area contributed by atoms with Gasteiger partial charge >= 0.3 is 0 Å². The Morgan fingerprint density at radius 2 is 1.80 bits per heavy atom. The predicted molar refractivity (Wildman–Crippen MR) is 99.3 cm³/mol. The maximum Gasteiger partial charge on any atom is 0.238 e. The lowest BCUT2D eigenvalue weighted by atomic mass is 10.1. The number of hydrogen-bond donors (Lipinski definition) is 2. The fraction of sp³-hybridized carbons (Fsp3) is 0.471. The number of halogens is 1. The Morgan fingerprint density at radius 3 is 2.44 bits per heavy atom. The first kappa shape index (κ1) is 21.1. The van der Waals surface area contributed by atoms with Crippen LogP contribution in [0.4, 0.5) is 5.69 Å². The van der Waals surface area contributed by atoms with Gasteiger partial charge in [0, 0.05) is 31.7 Å². The van der Waals surface area contributed by atoms with Gasteiger partial charge in [-0.05, 0) is 26.1 Å². The Morgan fingerprint density at radius 1 is 1.16 bits per heavy atom. The summed E-state index contributed by atoms with van der Waals surface area (Å²) in [5, 5.41) is 5.94. The summed E-state index contributed by atoms with van der Waals surface area (Å²) in [6, 6.07) is 6.89. The second-order valence-corrected chi connectivity index (χ2v) is 5.95. The van der Waals surface area contributed by atoms with Gasteiger partial charge in [0.2, 0.25) is 11.8 Å². The van der Waals surface area contributed by atoms with Crippen LogP contribution in [-0.4, -0.2) is 73.7 Å². The van der Waals surface area contributed by atoms with E-state index >= 15 is 0 Å². The maximum absolute atomic E-state index is 12.2. The van der Waals surface area contributed by atoms with Crippen LogP contribution in [0, 0.1) is 0 Å². The standard InChI is InChI=1S/C17H24N4O3.ClH/c1-13(22)14-5-3-4-6-15(14)19-16(23)11-20(2)12-17(24)21-9-7-18-8-10-21;/h3-6,18H,7-12H2,1-2H3,(H,19,23);1H. The van der Waals surface area contributed by atoms with Crippen molar-refractivity contribution in [2.75, 3.05) is 51.6 Å². The van der Waals surface area contributed by atoms with Gasteiger partial charge in [-0.25, -0.2) is 0 Å². The first-order valence-electron chi connectivity index (χ1n) is 8.04. The average Bonchev–Trinajstić information content (AvgIpc) is 2.55. The lowest BCUT2D eigenvalue weighted by Gasteiger charge is -2.29. The molecular formula is C17H25ClN4O3. The van der Waals surface area contributed by atoms with Crippen LogP contribution in [0.2, 0.25) is 0 Å². The van der Waals surface area contributed by atoms with E-state index in [-0.39, 0.29) is 43.1 Å². The number of piperazine rings is 1. The zero-order valence-electron chi connectivity index (χ0n) is 14.6.